The molecule has 0 aliphatic rings. The minimum atomic E-state index is -4.44. The summed E-state index contributed by atoms with van der Waals surface area (Å²) in [5, 5.41) is 10.9. The molecule has 0 fully saturated rings. The number of unbranched alkanes of at least 4 members (excludes halogenated alkanes) is 2. The summed E-state index contributed by atoms with van der Waals surface area (Å²) in [6, 6.07) is 17.0. The Labute approximate surface area is 296 Å². The van der Waals surface area contributed by atoms with E-state index in [0.29, 0.717) is 62.1 Å². The van der Waals surface area contributed by atoms with E-state index in [0.717, 1.165) is 17.7 Å². The first-order valence-electron chi connectivity index (χ1n) is 16.9. The lowest BCUT2D eigenvalue weighted by molar-refractivity contribution is -0.137. The lowest BCUT2D eigenvalue weighted by atomic mass is 10.0. The molecule has 51 heavy (non-hydrogen) atoms. The van der Waals surface area contributed by atoms with Crippen LogP contribution >= 0.6 is 0 Å². The van der Waals surface area contributed by atoms with E-state index in [4.69, 9.17) is 16.2 Å². The van der Waals surface area contributed by atoms with E-state index >= 15 is 0 Å². The third-order valence-electron chi connectivity index (χ3n) is 8.08. The fourth-order valence-corrected chi connectivity index (χ4v) is 5.22. The summed E-state index contributed by atoms with van der Waals surface area (Å²) in [4.78, 5) is 53.1. The zero-order valence-electron chi connectivity index (χ0n) is 28.6. The second-order valence-electron chi connectivity index (χ2n) is 12.0. The van der Waals surface area contributed by atoms with E-state index in [1.54, 1.807) is 24.3 Å². The summed E-state index contributed by atoms with van der Waals surface area (Å²) in [5.74, 6) is -1.60. The minimum absolute atomic E-state index is 0.0111. The van der Waals surface area contributed by atoms with Crippen molar-refractivity contribution < 1.29 is 37.1 Å². The molecule has 14 heteroatoms. The molecule has 0 heterocycles. The van der Waals surface area contributed by atoms with Gasteiger partial charge in [0.15, 0.2) is 0 Å². The molecular weight excluding hydrogens is 665 g/mol. The van der Waals surface area contributed by atoms with Crippen molar-refractivity contribution in [3.8, 4) is 5.75 Å². The summed E-state index contributed by atoms with van der Waals surface area (Å²) >= 11 is 0. The molecular formula is C37H47F3N6O5. The number of rotatable bonds is 20. The van der Waals surface area contributed by atoms with Crippen molar-refractivity contribution in [3.63, 3.8) is 0 Å². The molecule has 0 aliphatic heterocycles. The van der Waals surface area contributed by atoms with Gasteiger partial charge < -0.3 is 37.5 Å². The van der Waals surface area contributed by atoms with Crippen molar-refractivity contribution in [2.45, 2.75) is 75.9 Å². The molecule has 8 N–H and O–H groups in total. The van der Waals surface area contributed by atoms with Gasteiger partial charge in [-0.25, -0.2) is 0 Å². The fourth-order valence-electron chi connectivity index (χ4n) is 5.22. The van der Waals surface area contributed by atoms with Crippen LogP contribution in [0.1, 0.15) is 66.8 Å². The first-order valence-corrected chi connectivity index (χ1v) is 16.9. The highest BCUT2D eigenvalue weighted by molar-refractivity contribution is 5.94. The SMILES string of the molecule is CNC(=O)[C@@H](NC(=O)[C@H](CCCCN)NC(=O)[C@H](CCCCN)NC(=O)Cc1ccccc1)c1ccc(OCc2ccc(C(F)(F)F)cc2)cc1. The van der Waals surface area contributed by atoms with E-state index in [1.165, 1.54) is 19.2 Å². The average molecular weight is 713 g/mol. The molecule has 3 atom stereocenters. The second-order valence-corrected chi connectivity index (χ2v) is 12.0. The van der Waals surface area contributed by atoms with E-state index in [2.05, 4.69) is 21.3 Å². The van der Waals surface area contributed by atoms with Crippen LogP contribution in [0.4, 0.5) is 13.2 Å². The maximum Gasteiger partial charge on any atom is 0.416 e. The topological polar surface area (TPSA) is 178 Å². The van der Waals surface area contributed by atoms with E-state index < -0.39 is 47.6 Å². The standard InChI is InChI=1S/C37H47F3N6O5/c1-43-36(50)33(27-15-19-29(20-16-27)51-24-26-13-17-28(18-14-26)37(38,39)40)46-35(49)31(12-6-8-22-42)45-34(48)30(11-5-7-21-41)44-32(47)23-25-9-3-2-4-10-25/h2-4,9-10,13-20,30-31,33H,5-8,11-12,21-24,41-42H2,1H3,(H,43,50)(H,44,47)(H,45,48)(H,46,49)/t30-,31-,33-/m0/s1. The quantitative estimate of drug-likeness (QED) is 0.0969. The summed E-state index contributed by atoms with van der Waals surface area (Å²) in [6.45, 7) is 0.814. The number of ether oxygens (including phenoxy) is 1. The first-order chi connectivity index (χ1) is 24.4. The largest absolute Gasteiger partial charge is 0.489 e. The number of amides is 4. The number of carbonyl (C=O) groups is 4. The highest BCUT2D eigenvalue weighted by atomic mass is 19.4. The molecule has 0 unspecified atom stereocenters. The Morgan fingerprint density at radius 3 is 1.80 bits per heavy atom. The number of nitrogens with two attached hydrogens (primary N) is 2. The minimum Gasteiger partial charge on any atom is -0.489 e. The Hall–Kier alpha value is -4.95. The maximum atomic E-state index is 13.7. The molecule has 0 bridgehead atoms. The fraction of sp³-hybridized carbons (Fsp3) is 0.405. The summed E-state index contributed by atoms with van der Waals surface area (Å²) < 4.78 is 44.3. The predicted octanol–water partition coefficient (Wildman–Crippen LogP) is 3.66. The zero-order chi connectivity index (χ0) is 37.2. The van der Waals surface area contributed by atoms with Gasteiger partial charge in [-0.1, -0.05) is 54.6 Å². The monoisotopic (exact) mass is 712 g/mol. The van der Waals surface area contributed by atoms with Gasteiger partial charge in [0.2, 0.25) is 23.6 Å². The second kappa shape index (κ2) is 20.7. The number of nitrogens with one attached hydrogen (secondary N) is 4. The number of hydrogen-bond donors (Lipinski definition) is 6. The van der Waals surface area contributed by atoms with Gasteiger partial charge in [0, 0.05) is 7.05 Å². The third-order valence-corrected chi connectivity index (χ3v) is 8.08. The van der Waals surface area contributed by atoms with Crippen LogP contribution in [0.5, 0.6) is 5.75 Å². The lowest BCUT2D eigenvalue weighted by Crippen LogP contribution is -2.55. The van der Waals surface area contributed by atoms with E-state index in [-0.39, 0.29) is 25.4 Å². The van der Waals surface area contributed by atoms with Crippen LogP contribution in [0.3, 0.4) is 0 Å². The smallest absolute Gasteiger partial charge is 0.416 e. The van der Waals surface area contributed by atoms with Crippen molar-refractivity contribution in [1.82, 2.24) is 21.3 Å². The van der Waals surface area contributed by atoms with Crippen molar-refractivity contribution in [3.05, 3.63) is 101 Å². The molecule has 3 aromatic carbocycles. The zero-order valence-corrected chi connectivity index (χ0v) is 28.6. The Bertz CT molecular complexity index is 1540. The molecule has 0 saturated heterocycles. The average Bonchev–Trinajstić information content (AvgIpc) is 3.12. The van der Waals surface area contributed by atoms with E-state index in [1.807, 2.05) is 30.3 Å². The number of halogens is 3. The van der Waals surface area contributed by atoms with Gasteiger partial charge in [-0.05, 0) is 92.6 Å². The van der Waals surface area contributed by atoms with Crippen molar-refractivity contribution in [1.29, 1.82) is 0 Å². The number of benzene rings is 3. The van der Waals surface area contributed by atoms with Crippen LogP contribution in [0, 0.1) is 0 Å². The Morgan fingerprint density at radius 2 is 1.25 bits per heavy atom. The Morgan fingerprint density at radius 1 is 0.686 bits per heavy atom. The number of alkyl halides is 3. The molecule has 11 nitrogen and oxygen atoms in total. The predicted molar refractivity (Wildman–Crippen MR) is 187 cm³/mol. The molecule has 4 amide bonds. The number of hydrogen-bond acceptors (Lipinski definition) is 7. The van der Waals surface area contributed by atoms with Gasteiger partial charge >= 0.3 is 6.18 Å². The highest BCUT2D eigenvalue weighted by Gasteiger charge is 2.31. The summed E-state index contributed by atoms with van der Waals surface area (Å²) in [6.07, 6.45) is -1.47. The number of carbonyl (C=O) groups excluding carboxylic acids is 4. The molecule has 0 radical (unpaired) electrons. The molecule has 0 spiro atoms. The molecule has 0 aliphatic carbocycles. The van der Waals surface area contributed by atoms with Gasteiger partial charge in [-0.15, -0.1) is 0 Å². The van der Waals surface area contributed by atoms with Gasteiger partial charge in [0.05, 0.1) is 12.0 Å². The van der Waals surface area contributed by atoms with Crippen LogP contribution in [-0.4, -0.2) is 55.8 Å². The first kappa shape index (κ1) is 40.5. The normalized spacial score (nSPS) is 13.0. The van der Waals surface area contributed by atoms with Crippen LogP contribution in [-0.2, 0) is 38.4 Å². The molecule has 0 saturated carbocycles. The lowest BCUT2D eigenvalue weighted by Gasteiger charge is -2.25. The third kappa shape index (κ3) is 13.7. The van der Waals surface area contributed by atoms with Gasteiger partial charge in [-0.2, -0.15) is 13.2 Å². The molecule has 3 aromatic rings. The van der Waals surface area contributed by atoms with Crippen LogP contribution in [0.2, 0.25) is 0 Å². The van der Waals surface area contributed by atoms with E-state index in [9.17, 15) is 32.3 Å². The van der Waals surface area contributed by atoms with Gasteiger partial charge in [0.1, 0.15) is 30.5 Å². The Kier molecular flexibility index (Phi) is 16.4. The molecule has 276 valence electrons. The highest BCUT2D eigenvalue weighted by Crippen LogP contribution is 2.29. The number of likely N-dealkylation sites (N-methyl/N-ethyl adjacent to an activating group) is 1. The molecule has 3 rings (SSSR count). The van der Waals surface area contributed by atoms with Crippen molar-refractivity contribution in [2.24, 2.45) is 11.5 Å². The van der Waals surface area contributed by atoms with Crippen LogP contribution in [0.15, 0.2) is 78.9 Å². The van der Waals surface area contributed by atoms with Gasteiger partial charge in [-0.3, -0.25) is 19.2 Å². The van der Waals surface area contributed by atoms with Crippen molar-refractivity contribution in [2.75, 3.05) is 20.1 Å². The van der Waals surface area contributed by atoms with Crippen LogP contribution < -0.4 is 37.5 Å². The maximum absolute atomic E-state index is 13.7. The molecule has 0 aromatic heterocycles. The van der Waals surface area contributed by atoms with Crippen molar-refractivity contribution >= 4 is 23.6 Å². The van der Waals surface area contributed by atoms with Gasteiger partial charge in [0.25, 0.3) is 0 Å². The summed E-state index contributed by atoms with van der Waals surface area (Å²) in [7, 11) is 1.42. The summed E-state index contributed by atoms with van der Waals surface area (Å²) in [5.41, 5.74) is 12.3. The van der Waals surface area contributed by atoms with Crippen LogP contribution in [0.25, 0.3) is 0 Å². The Balaban J connectivity index is 1.71.